The van der Waals surface area contributed by atoms with Gasteiger partial charge < -0.3 is 5.32 Å². The zero-order valence-corrected chi connectivity index (χ0v) is 14.3. The average Bonchev–Trinajstić information content (AvgIpc) is 3.01. The molecule has 1 aliphatic heterocycles. The van der Waals surface area contributed by atoms with Gasteiger partial charge in [0.25, 0.3) is 5.91 Å². The minimum absolute atomic E-state index is 0.0829. The molecule has 1 saturated heterocycles. The highest BCUT2D eigenvalue weighted by Gasteiger charge is 2.22. The lowest BCUT2D eigenvalue weighted by atomic mass is 10.2. The van der Waals surface area contributed by atoms with Crippen molar-refractivity contribution in [3.8, 4) is 0 Å². The Morgan fingerprint density at radius 2 is 2.04 bits per heavy atom. The van der Waals surface area contributed by atoms with Gasteiger partial charge in [-0.2, -0.15) is 0 Å². The molecule has 7 heteroatoms. The number of carbonyl (C=O) groups excluding carboxylic acids is 2. The van der Waals surface area contributed by atoms with Gasteiger partial charge in [-0.3, -0.25) is 14.5 Å². The zero-order chi connectivity index (χ0) is 17.1. The summed E-state index contributed by atoms with van der Waals surface area (Å²) in [5, 5.41) is 3.56. The summed E-state index contributed by atoms with van der Waals surface area (Å²) in [6.07, 6.45) is 3.04. The number of aromatic nitrogens is 1. The fourth-order valence-corrected chi connectivity index (χ4v) is 2.83. The molecule has 0 bridgehead atoms. The third-order valence-electron chi connectivity index (χ3n) is 3.79. The van der Waals surface area contributed by atoms with Crippen molar-refractivity contribution in [1.82, 2.24) is 10.3 Å². The summed E-state index contributed by atoms with van der Waals surface area (Å²) >= 11 is 11.8. The molecule has 0 radical (unpaired) electrons. The summed E-state index contributed by atoms with van der Waals surface area (Å²) < 4.78 is 0. The Labute approximate surface area is 149 Å². The number of carbonyl (C=O) groups is 2. The van der Waals surface area contributed by atoms with Gasteiger partial charge in [0.2, 0.25) is 5.91 Å². The van der Waals surface area contributed by atoms with Crippen molar-refractivity contribution in [1.29, 1.82) is 0 Å². The molecule has 0 aliphatic carbocycles. The van der Waals surface area contributed by atoms with Crippen LogP contribution in [0.15, 0.2) is 36.5 Å². The Kier molecular flexibility index (Phi) is 5.02. The predicted molar refractivity (Wildman–Crippen MR) is 93.5 cm³/mol. The van der Waals surface area contributed by atoms with Crippen LogP contribution in [0.5, 0.6) is 0 Å². The lowest BCUT2D eigenvalue weighted by molar-refractivity contribution is -0.117. The van der Waals surface area contributed by atoms with E-state index in [0.717, 1.165) is 12.0 Å². The molecule has 2 amide bonds. The van der Waals surface area contributed by atoms with Crippen LogP contribution in [0.1, 0.15) is 28.8 Å². The first-order valence-electron chi connectivity index (χ1n) is 7.53. The van der Waals surface area contributed by atoms with Crippen molar-refractivity contribution >= 4 is 40.8 Å². The van der Waals surface area contributed by atoms with Crippen LogP contribution < -0.4 is 10.2 Å². The maximum absolute atomic E-state index is 12.2. The molecule has 0 atom stereocenters. The second-order valence-corrected chi connectivity index (χ2v) is 6.30. The molecule has 1 N–H and O–H groups in total. The minimum atomic E-state index is -0.246. The number of hydrogen-bond donors (Lipinski definition) is 1. The van der Waals surface area contributed by atoms with Crippen LogP contribution in [0.4, 0.5) is 5.82 Å². The number of halogens is 2. The first kappa shape index (κ1) is 16.7. The Morgan fingerprint density at radius 3 is 2.75 bits per heavy atom. The zero-order valence-electron chi connectivity index (χ0n) is 12.8. The van der Waals surface area contributed by atoms with E-state index >= 15 is 0 Å². The molecular formula is C17H15Cl2N3O2. The van der Waals surface area contributed by atoms with Gasteiger partial charge in [-0.25, -0.2) is 4.98 Å². The van der Waals surface area contributed by atoms with Crippen molar-refractivity contribution in [2.24, 2.45) is 0 Å². The van der Waals surface area contributed by atoms with E-state index in [-0.39, 0.29) is 11.8 Å². The van der Waals surface area contributed by atoms with E-state index < -0.39 is 0 Å². The van der Waals surface area contributed by atoms with Crippen molar-refractivity contribution in [3.63, 3.8) is 0 Å². The van der Waals surface area contributed by atoms with Gasteiger partial charge in [-0.05, 0) is 42.3 Å². The maximum atomic E-state index is 12.2. The molecule has 0 saturated carbocycles. The van der Waals surface area contributed by atoms with E-state index in [1.165, 1.54) is 6.07 Å². The van der Waals surface area contributed by atoms with Crippen molar-refractivity contribution < 1.29 is 9.59 Å². The summed E-state index contributed by atoms with van der Waals surface area (Å²) in [5.41, 5.74) is 1.31. The largest absolute Gasteiger partial charge is 0.348 e. The van der Waals surface area contributed by atoms with Crippen LogP contribution in [0.2, 0.25) is 10.0 Å². The second kappa shape index (κ2) is 7.20. The number of rotatable bonds is 4. The number of hydrogen-bond acceptors (Lipinski definition) is 3. The molecule has 2 aromatic rings. The summed E-state index contributed by atoms with van der Waals surface area (Å²) in [6, 6.07) is 8.35. The molecule has 1 aliphatic rings. The SMILES string of the molecule is O=C(NCc1ccnc(N2CCCC2=O)c1)c1ccc(Cl)c(Cl)c1. The summed E-state index contributed by atoms with van der Waals surface area (Å²) in [6.45, 7) is 1.02. The molecule has 0 unspecified atom stereocenters. The summed E-state index contributed by atoms with van der Waals surface area (Å²) in [4.78, 5) is 29.9. The van der Waals surface area contributed by atoms with Crippen LogP contribution in [-0.2, 0) is 11.3 Å². The summed E-state index contributed by atoms with van der Waals surface area (Å²) in [7, 11) is 0. The third kappa shape index (κ3) is 3.68. The molecule has 124 valence electrons. The topological polar surface area (TPSA) is 62.3 Å². The van der Waals surface area contributed by atoms with Crippen molar-refractivity contribution in [3.05, 3.63) is 57.7 Å². The fraction of sp³-hybridized carbons (Fsp3) is 0.235. The number of benzene rings is 1. The number of nitrogens with one attached hydrogen (secondary N) is 1. The molecule has 5 nitrogen and oxygen atoms in total. The van der Waals surface area contributed by atoms with E-state index in [2.05, 4.69) is 10.3 Å². The second-order valence-electron chi connectivity index (χ2n) is 5.48. The van der Waals surface area contributed by atoms with Gasteiger partial charge >= 0.3 is 0 Å². The average molecular weight is 364 g/mol. The van der Waals surface area contributed by atoms with Crippen LogP contribution >= 0.6 is 23.2 Å². The third-order valence-corrected chi connectivity index (χ3v) is 4.53. The predicted octanol–water partition coefficient (Wildman–Crippen LogP) is 3.45. The Hall–Kier alpha value is -2.11. The highest BCUT2D eigenvalue weighted by Crippen LogP contribution is 2.23. The normalized spacial score (nSPS) is 14.1. The molecular weight excluding hydrogens is 349 g/mol. The molecule has 2 heterocycles. The van der Waals surface area contributed by atoms with Gasteiger partial charge in [0.1, 0.15) is 5.82 Å². The molecule has 1 aromatic carbocycles. The molecule has 24 heavy (non-hydrogen) atoms. The minimum Gasteiger partial charge on any atom is -0.348 e. The lowest BCUT2D eigenvalue weighted by Gasteiger charge is -2.15. The molecule has 0 spiro atoms. The number of pyridine rings is 1. The standard InChI is InChI=1S/C17H15Cl2N3O2/c18-13-4-3-12(9-14(13)19)17(24)21-10-11-5-6-20-15(8-11)22-7-1-2-16(22)23/h3-6,8-9H,1-2,7,10H2,(H,21,24). The van der Waals surface area contributed by atoms with Crippen LogP contribution in [0.3, 0.4) is 0 Å². The van der Waals surface area contributed by atoms with E-state index in [9.17, 15) is 9.59 Å². The Bertz CT molecular complexity index is 795. The smallest absolute Gasteiger partial charge is 0.251 e. The number of anilines is 1. The summed E-state index contributed by atoms with van der Waals surface area (Å²) in [5.74, 6) is 0.461. The molecule has 1 aromatic heterocycles. The van der Waals surface area contributed by atoms with Crippen molar-refractivity contribution in [2.45, 2.75) is 19.4 Å². The first-order chi connectivity index (χ1) is 11.5. The maximum Gasteiger partial charge on any atom is 0.251 e. The highest BCUT2D eigenvalue weighted by molar-refractivity contribution is 6.42. The highest BCUT2D eigenvalue weighted by atomic mass is 35.5. The lowest BCUT2D eigenvalue weighted by Crippen LogP contribution is -2.26. The van der Waals surface area contributed by atoms with Gasteiger partial charge in [-0.1, -0.05) is 23.2 Å². The van der Waals surface area contributed by atoms with Crippen molar-refractivity contribution in [2.75, 3.05) is 11.4 Å². The van der Waals surface area contributed by atoms with Gasteiger partial charge in [0.05, 0.1) is 10.0 Å². The van der Waals surface area contributed by atoms with E-state index in [1.807, 2.05) is 6.07 Å². The van der Waals surface area contributed by atoms with Gasteiger partial charge in [0.15, 0.2) is 0 Å². The van der Waals surface area contributed by atoms with Crippen LogP contribution in [0.25, 0.3) is 0 Å². The van der Waals surface area contributed by atoms with E-state index in [1.54, 1.807) is 29.3 Å². The van der Waals surface area contributed by atoms with Crippen LogP contribution in [-0.4, -0.2) is 23.3 Å². The molecule has 1 fully saturated rings. The fourth-order valence-electron chi connectivity index (χ4n) is 2.53. The van der Waals surface area contributed by atoms with Gasteiger partial charge in [-0.15, -0.1) is 0 Å². The quantitative estimate of drug-likeness (QED) is 0.904. The number of nitrogens with zero attached hydrogens (tertiary/aromatic N) is 2. The first-order valence-corrected chi connectivity index (χ1v) is 8.29. The number of amides is 2. The Balaban J connectivity index is 1.67. The van der Waals surface area contributed by atoms with Gasteiger partial charge in [0, 0.05) is 31.3 Å². The van der Waals surface area contributed by atoms with E-state index in [0.29, 0.717) is 40.9 Å². The Morgan fingerprint density at radius 1 is 1.21 bits per heavy atom. The molecule has 3 rings (SSSR count). The van der Waals surface area contributed by atoms with Crippen LogP contribution in [0, 0.1) is 0 Å². The van der Waals surface area contributed by atoms with E-state index in [4.69, 9.17) is 23.2 Å². The monoisotopic (exact) mass is 363 g/mol.